The molecule has 2 aromatic heterocycles. The van der Waals surface area contributed by atoms with Gasteiger partial charge in [0.1, 0.15) is 30.3 Å². The highest BCUT2D eigenvalue weighted by molar-refractivity contribution is 6.04. The van der Waals surface area contributed by atoms with Gasteiger partial charge in [-0.3, -0.25) is 19.1 Å². The Labute approximate surface area is 271 Å². The number of halogens is 2. The van der Waals surface area contributed by atoms with Crippen LogP contribution in [0.4, 0.5) is 14.5 Å². The van der Waals surface area contributed by atoms with E-state index in [4.69, 9.17) is 24.1 Å². The maximum absolute atomic E-state index is 15.5. The summed E-state index contributed by atoms with van der Waals surface area (Å²) in [4.78, 5) is 44.2. The Morgan fingerprint density at radius 2 is 1.75 bits per heavy atom. The van der Waals surface area contributed by atoms with Gasteiger partial charge in [-0.15, -0.1) is 0 Å². The normalized spacial score (nSPS) is 12.3. The molecule has 0 atom stereocenters. The molecule has 0 unspecified atom stereocenters. The van der Waals surface area contributed by atoms with E-state index in [-0.39, 0.29) is 54.9 Å². The first-order valence-corrected chi connectivity index (χ1v) is 15.0. The molecule has 12 nitrogen and oxygen atoms in total. The van der Waals surface area contributed by atoms with Crippen molar-refractivity contribution in [2.24, 2.45) is 0 Å². The first-order chi connectivity index (χ1) is 23.2. The Balaban J connectivity index is 1.29. The number of fused-ring (bicyclic) bond motifs is 3. The van der Waals surface area contributed by atoms with Crippen molar-refractivity contribution in [1.82, 2.24) is 14.1 Å². The van der Waals surface area contributed by atoms with Crippen molar-refractivity contribution in [2.75, 3.05) is 31.7 Å². The fourth-order valence-electron chi connectivity index (χ4n) is 5.11. The third-order valence-electron chi connectivity index (χ3n) is 7.41. The second-order valence-electron chi connectivity index (χ2n) is 11.0. The molecule has 2 N–H and O–H groups in total. The van der Waals surface area contributed by atoms with Gasteiger partial charge in [0, 0.05) is 49.3 Å². The number of carbonyl (C=O) groups is 1. The maximum Gasteiger partial charge on any atom is 0.335 e. The molecule has 0 saturated carbocycles. The zero-order chi connectivity index (χ0) is 33.9. The molecule has 3 aromatic carbocycles. The summed E-state index contributed by atoms with van der Waals surface area (Å²) in [6.45, 7) is 4.14. The van der Waals surface area contributed by atoms with Crippen LogP contribution in [0.15, 0.2) is 76.6 Å². The molecule has 5 aromatic rings. The van der Waals surface area contributed by atoms with Gasteiger partial charge < -0.3 is 29.4 Å². The Kier molecular flexibility index (Phi) is 9.08. The number of aliphatic hydroxyl groups is 1. The van der Waals surface area contributed by atoms with Crippen LogP contribution in [0, 0.1) is 11.6 Å². The average molecular weight is 661 g/mol. The van der Waals surface area contributed by atoms with E-state index in [9.17, 15) is 18.8 Å². The lowest BCUT2D eigenvalue weighted by molar-refractivity contribution is 0.102. The lowest BCUT2D eigenvalue weighted by Crippen LogP contribution is -2.42. The predicted molar refractivity (Wildman–Crippen MR) is 171 cm³/mol. The van der Waals surface area contributed by atoms with E-state index < -0.39 is 34.8 Å². The minimum Gasteiger partial charge on any atom is -0.489 e. The summed E-state index contributed by atoms with van der Waals surface area (Å²) in [7, 11) is 0. The van der Waals surface area contributed by atoms with Crippen molar-refractivity contribution in [3.63, 3.8) is 0 Å². The minimum atomic E-state index is -0.928. The molecule has 0 bridgehead atoms. The molecule has 3 heterocycles. The van der Waals surface area contributed by atoms with E-state index in [1.54, 1.807) is 19.9 Å². The Morgan fingerprint density at radius 1 is 1.00 bits per heavy atom. The van der Waals surface area contributed by atoms with Gasteiger partial charge in [0.25, 0.3) is 11.5 Å². The van der Waals surface area contributed by atoms with Gasteiger partial charge in [0.2, 0.25) is 5.75 Å². The first-order valence-electron chi connectivity index (χ1n) is 15.0. The minimum absolute atomic E-state index is 0.0123. The van der Waals surface area contributed by atoms with Crippen molar-refractivity contribution >= 4 is 22.5 Å². The van der Waals surface area contributed by atoms with Crippen molar-refractivity contribution in [1.29, 1.82) is 0 Å². The zero-order valence-electron chi connectivity index (χ0n) is 25.9. The second kappa shape index (κ2) is 13.5. The largest absolute Gasteiger partial charge is 0.489 e. The topological polar surface area (TPSA) is 143 Å². The highest BCUT2D eigenvalue weighted by atomic mass is 19.1. The number of anilines is 1. The molecule has 1 amide bonds. The highest BCUT2D eigenvalue weighted by Crippen LogP contribution is 2.48. The van der Waals surface area contributed by atoms with Crippen LogP contribution in [0.5, 0.6) is 28.7 Å². The number of rotatable bonds is 10. The van der Waals surface area contributed by atoms with Crippen LogP contribution in [0.25, 0.3) is 16.6 Å². The number of aromatic nitrogens is 3. The Hall–Kier alpha value is -5.76. The Bertz CT molecular complexity index is 2130. The molecule has 0 saturated heterocycles. The molecule has 1 aliphatic rings. The number of benzene rings is 3. The number of hydrogen-bond donors (Lipinski definition) is 2. The van der Waals surface area contributed by atoms with Gasteiger partial charge >= 0.3 is 5.69 Å². The lowest BCUT2D eigenvalue weighted by atomic mass is 10.1. The standard InChI is InChI=1S/C34H30F2N4O8/c1-19(2)39-18-23(33(43)40(34(39)44)22-7-4-20(35)5-8-22)32(42)38-21-6-9-26(24(36)16-21)48-27-10-11-37-25-17-28(45-13-3-12-41)30-31(29(25)27)47-15-14-46-30/h4-11,16-19,41H,3,12-15H2,1-2H3,(H,38,42). The molecular formula is C34H30F2N4O8. The number of nitrogens with one attached hydrogen (secondary N) is 1. The van der Waals surface area contributed by atoms with E-state index in [1.807, 2.05) is 0 Å². The fourth-order valence-corrected chi connectivity index (χ4v) is 5.11. The van der Waals surface area contributed by atoms with Gasteiger partial charge in [-0.1, -0.05) is 0 Å². The molecule has 6 rings (SSSR count). The molecule has 0 aliphatic carbocycles. The summed E-state index contributed by atoms with van der Waals surface area (Å²) in [5.74, 6) is -1.20. The van der Waals surface area contributed by atoms with Crippen molar-refractivity contribution in [3.05, 3.63) is 105 Å². The molecule has 248 valence electrons. The van der Waals surface area contributed by atoms with Gasteiger partial charge in [0.15, 0.2) is 23.1 Å². The summed E-state index contributed by atoms with van der Waals surface area (Å²) in [6, 6.07) is 11.2. The van der Waals surface area contributed by atoms with E-state index in [1.165, 1.54) is 41.1 Å². The summed E-state index contributed by atoms with van der Waals surface area (Å²) in [5.41, 5.74) is -1.49. The molecule has 0 radical (unpaired) electrons. The third kappa shape index (κ3) is 6.29. The smallest absolute Gasteiger partial charge is 0.335 e. The molecule has 0 spiro atoms. The SMILES string of the molecule is CC(C)n1cc(C(=O)Nc2ccc(Oc3ccnc4cc(OCCCO)c5c(c34)OCCO5)c(F)c2)c(=O)n(-c2ccc(F)cc2)c1=O. The number of ether oxygens (including phenoxy) is 4. The van der Waals surface area contributed by atoms with E-state index >= 15 is 4.39 Å². The second-order valence-corrected chi connectivity index (χ2v) is 11.0. The van der Waals surface area contributed by atoms with Crippen LogP contribution in [-0.4, -0.2) is 51.6 Å². The molecule has 1 aliphatic heterocycles. The third-order valence-corrected chi connectivity index (χ3v) is 7.41. The lowest BCUT2D eigenvalue weighted by Gasteiger charge is -2.23. The van der Waals surface area contributed by atoms with Crippen LogP contribution >= 0.6 is 0 Å². The number of hydrogen-bond acceptors (Lipinski definition) is 9. The Morgan fingerprint density at radius 3 is 2.46 bits per heavy atom. The van der Waals surface area contributed by atoms with E-state index in [2.05, 4.69) is 10.3 Å². The van der Waals surface area contributed by atoms with Crippen LogP contribution < -0.4 is 35.5 Å². The van der Waals surface area contributed by atoms with Gasteiger partial charge in [-0.2, -0.15) is 0 Å². The molecular weight excluding hydrogens is 630 g/mol. The van der Waals surface area contributed by atoms with E-state index in [0.29, 0.717) is 34.6 Å². The summed E-state index contributed by atoms with van der Waals surface area (Å²) in [6.07, 6.45) is 3.04. The zero-order valence-corrected chi connectivity index (χ0v) is 25.9. The van der Waals surface area contributed by atoms with Crippen LogP contribution in [0.1, 0.15) is 36.7 Å². The van der Waals surface area contributed by atoms with Crippen LogP contribution in [0.3, 0.4) is 0 Å². The number of aliphatic hydroxyl groups excluding tert-OH is 1. The van der Waals surface area contributed by atoms with Gasteiger partial charge in [-0.25, -0.2) is 18.1 Å². The average Bonchev–Trinajstić information content (AvgIpc) is 3.07. The number of nitrogens with zero attached hydrogens (tertiary/aromatic N) is 3. The molecule has 48 heavy (non-hydrogen) atoms. The van der Waals surface area contributed by atoms with Gasteiger partial charge in [0.05, 0.1) is 23.2 Å². The summed E-state index contributed by atoms with van der Waals surface area (Å²) in [5, 5.41) is 12.0. The summed E-state index contributed by atoms with van der Waals surface area (Å²) < 4.78 is 54.4. The predicted octanol–water partition coefficient (Wildman–Crippen LogP) is 4.98. The quantitative estimate of drug-likeness (QED) is 0.198. The molecule has 0 fully saturated rings. The number of amides is 1. The first kappa shape index (κ1) is 32.2. The number of carbonyl (C=O) groups excluding carboxylic acids is 1. The van der Waals surface area contributed by atoms with Crippen molar-refractivity contribution in [3.8, 4) is 34.4 Å². The summed E-state index contributed by atoms with van der Waals surface area (Å²) >= 11 is 0. The van der Waals surface area contributed by atoms with E-state index in [0.717, 1.165) is 29.0 Å². The van der Waals surface area contributed by atoms with Crippen LogP contribution in [0.2, 0.25) is 0 Å². The highest BCUT2D eigenvalue weighted by Gasteiger charge is 2.25. The van der Waals surface area contributed by atoms with Crippen molar-refractivity contribution < 1.29 is 37.6 Å². The maximum atomic E-state index is 15.5. The van der Waals surface area contributed by atoms with Gasteiger partial charge in [-0.05, 0) is 56.3 Å². The fraction of sp³-hybridized carbons (Fsp3) is 0.235. The molecule has 14 heteroatoms. The number of pyridine rings is 1. The monoisotopic (exact) mass is 660 g/mol. The van der Waals surface area contributed by atoms with Crippen LogP contribution in [-0.2, 0) is 0 Å². The van der Waals surface area contributed by atoms with Crippen molar-refractivity contribution in [2.45, 2.75) is 26.3 Å².